The minimum absolute atomic E-state index is 0.191. The molecule has 1 amide bonds. The van der Waals surface area contributed by atoms with Gasteiger partial charge in [-0.2, -0.15) is 5.10 Å². The molecule has 0 radical (unpaired) electrons. The van der Waals surface area contributed by atoms with E-state index in [2.05, 4.69) is 42.4 Å². The molecular weight excluding hydrogens is 518 g/mol. The number of hydrogen-bond donors (Lipinski definition) is 1. The van der Waals surface area contributed by atoms with E-state index in [9.17, 15) is 9.59 Å². The molecule has 0 fully saturated rings. The lowest BCUT2D eigenvalue weighted by Gasteiger charge is -2.04. The molecule has 9 heteroatoms. The first kappa shape index (κ1) is 20.0. The van der Waals surface area contributed by atoms with E-state index in [4.69, 9.17) is 11.6 Å². The third-order valence-electron chi connectivity index (χ3n) is 3.57. The van der Waals surface area contributed by atoms with E-state index in [1.54, 1.807) is 24.3 Å². The van der Waals surface area contributed by atoms with Gasteiger partial charge in [-0.05, 0) is 42.0 Å². The number of benzene rings is 2. The van der Waals surface area contributed by atoms with Crippen molar-refractivity contribution in [2.24, 2.45) is 5.10 Å². The van der Waals surface area contributed by atoms with E-state index in [1.807, 2.05) is 24.3 Å². The van der Waals surface area contributed by atoms with Crippen LogP contribution in [-0.4, -0.2) is 16.7 Å². The number of nitrogens with zero attached hydrogens (tertiary/aromatic N) is 2. The molecular formula is C18H12Br2ClN3O2S. The molecule has 1 N–H and O–H groups in total. The molecule has 0 unspecified atom stereocenters. The molecule has 1 aromatic heterocycles. The van der Waals surface area contributed by atoms with Crippen molar-refractivity contribution in [2.75, 3.05) is 0 Å². The molecule has 0 atom stereocenters. The van der Waals surface area contributed by atoms with Crippen molar-refractivity contribution in [3.8, 4) is 0 Å². The second-order valence-electron chi connectivity index (χ2n) is 5.44. The van der Waals surface area contributed by atoms with Crippen LogP contribution >= 0.6 is 54.8 Å². The highest BCUT2D eigenvalue weighted by molar-refractivity contribution is 9.10. The zero-order chi connectivity index (χ0) is 19.4. The van der Waals surface area contributed by atoms with Crippen molar-refractivity contribution in [3.05, 3.63) is 88.3 Å². The zero-order valence-electron chi connectivity index (χ0n) is 13.7. The van der Waals surface area contributed by atoms with Gasteiger partial charge in [0, 0.05) is 14.5 Å². The molecule has 0 aliphatic rings. The summed E-state index contributed by atoms with van der Waals surface area (Å²) in [5.41, 5.74) is 3.85. The fourth-order valence-electron chi connectivity index (χ4n) is 2.21. The molecule has 3 rings (SSSR count). The summed E-state index contributed by atoms with van der Waals surface area (Å²) in [6, 6.07) is 14.5. The van der Waals surface area contributed by atoms with E-state index < -0.39 is 0 Å². The maximum atomic E-state index is 12.2. The predicted molar refractivity (Wildman–Crippen MR) is 116 cm³/mol. The average molecular weight is 530 g/mol. The van der Waals surface area contributed by atoms with Gasteiger partial charge < -0.3 is 0 Å². The van der Waals surface area contributed by atoms with Crippen LogP contribution in [0.3, 0.4) is 0 Å². The second-order valence-corrected chi connectivity index (χ2v) is 8.62. The van der Waals surface area contributed by atoms with Crippen molar-refractivity contribution < 1.29 is 4.79 Å². The minimum Gasteiger partial charge on any atom is -0.284 e. The number of thiazole rings is 1. The van der Waals surface area contributed by atoms with Gasteiger partial charge in [-0.25, -0.2) is 5.43 Å². The molecule has 0 bridgehead atoms. The van der Waals surface area contributed by atoms with Gasteiger partial charge in [0.2, 0.25) is 0 Å². The van der Waals surface area contributed by atoms with Gasteiger partial charge in [0.25, 0.3) is 5.91 Å². The Morgan fingerprint density at radius 1 is 1.11 bits per heavy atom. The van der Waals surface area contributed by atoms with Crippen LogP contribution < -0.4 is 10.3 Å². The molecule has 2 aromatic carbocycles. The van der Waals surface area contributed by atoms with Gasteiger partial charge in [0.1, 0.15) is 5.15 Å². The van der Waals surface area contributed by atoms with Gasteiger partial charge in [0.05, 0.1) is 17.6 Å². The van der Waals surface area contributed by atoms with Crippen molar-refractivity contribution in [2.45, 2.75) is 6.54 Å². The first-order valence-electron chi connectivity index (χ1n) is 7.66. The fraction of sp³-hybridized carbons (Fsp3) is 0.0556. The van der Waals surface area contributed by atoms with E-state index in [-0.39, 0.29) is 15.9 Å². The number of nitrogens with one attached hydrogen (secondary N) is 1. The number of rotatable bonds is 5. The molecule has 0 saturated carbocycles. The van der Waals surface area contributed by atoms with E-state index in [0.29, 0.717) is 17.0 Å². The Morgan fingerprint density at radius 2 is 1.70 bits per heavy atom. The minimum atomic E-state index is -0.350. The third kappa shape index (κ3) is 5.16. The predicted octanol–water partition coefficient (Wildman–Crippen LogP) is 4.90. The highest BCUT2D eigenvalue weighted by Gasteiger charge is 2.12. The molecule has 1 heterocycles. The molecule has 3 aromatic rings. The summed E-state index contributed by atoms with van der Waals surface area (Å²) in [6.45, 7) is 0.362. The van der Waals surface area contributed by atoms with Crippen molar-refractivity contribution >= 4 is 66.9 Å². The molecule has 0 spiro atoms. The highest BCUT2D eigenvalue weighted by Crippen LogP contribution is 2.19. The monoisotopic (exact) mass is 527 g/mol. The van der Waals surface area contributed by atoms with Gasteiger partial charge in [0.15, 0.2) is 0 Å². The summed E-state index contributed by atoms with van der Waals surface area (Å²) in [7, 11) is 0. The van der Waals surface area contributed by atoms with Gasteiger partial charge in [-0.15, -0.1) is 0 Å². The first-order valence-corrected chi connectivity index (χ1v) is 10.4. The SMILES string of the molecule is O=C(NN=Cc1sc(=O)n(Cc2ccc(Br)cc2)c1Cl)c1ccc(Br)cc1. The lowest BCUT2D eigenvalue weighted by molar-refractivity contribution is 0.0955. The highest BCUT2D eigenvalue weighted by atomic mass is 79.9. The number of aromatic nitrogens is 1. The fourth-order valence-corrected chi connectivity index (χ4v) is 3.84. The van der Waals surface area contributed by atoms with Gasteiger partial charge in [-0.1, -0.05) is 66.9 Å². The molecule has 138 valence electrons. The van der Waals surface area contributed by atoms with Crippen molar-refractivity contribution in [1.29, 1.82) is 0 Å². The molecule has 0 aliphatic heterocycles. The Morgan fingerprint density at radius 3 is 2.33 bits per heavy atom. The van der Waals surface area contributed by atoms with E-state index in [0.717, 1.165) is 25.8 Å². The lowest BCUT2D eigenvalue weighted by Crippen LogP contribution is -2.17. The van der Waals surface area contributed by atoms with Crippen LogP contribution in [-0.2, 0) is 6.54 Å². The average Bonchev–Trinajstić information content (AvgIpc) is 2.91. The van der Waals surface area contributed by atoms with Crippen molar-refractivity contribution in [1.82, 2.24) is 9.99 Å². The number of hydrazone groups is 1. The standard InChI is InChI=1S/C18H12Br2ClN3O2S/c19-13-5-1-11(2-6-13)10-24-16(21)15(27-18(24)26)9-22-23-17(25)12-3-7-14(20)8-4-12/h1-9H,10H2,(H,23,25). The quantitative estimate of drug-likeness (QED) is 0.378. The van der Waals surface area contributed by atoms with Crippen LogP contribution in [0.2, 0.25) is 5.15 Å². The van der Waals surface area contributed by atoms with Crippen LogP contribution in [0.25, 0.3) is 0 Å². The number of halogens is 3. The summed E-state index contributed by atoms with van der Waals surface area (Å²) >= 11 is 14.0. The number of carbonyl (C=O) groups is 1. The van der Waals surface area contributed by atoms with E-state index >= 15 is 0 Å². The first-order chi connectivity index (χ1) is 12.9. The van der Waals surface area contributed by atoms with E-state index in [1.165, 1.54) is 10.8 Å². The number of carbonyl (C=O) groups excluding carboxylic acids is 1. The zero-order valence-corrected chi connectivity index (χ0v) is 18.4. The number of amides is 1. The maximum absolute atomic E-state index is 12.2. The normalized spacial score (nSPS) is 11.1. The topological polar surface area (TPSA) is 63.5 Å². The summed E-state index contributed by atoms with van der Waals surface area (Å²) in [4.78, 5) is 24.5. The van der Waals surface area contributed by atoms with Gasteiger partial charge >= 0.3 is 4.87 Å². The lowest BCUT2D eigenvalue weighted by atomic mass is 10.2. The summed E-state index contributed by atoms with van der Waals surface area (Å²) in [6.07, 6.45) is 1.38. The van der Waals surface area contributed by atoms with Crippen LogP contribution in [0.15, 0.2) is 67.4 Å². The molecule has 0 aliphatic carbocycles. The Labute approximate surface area is 180 Å². The third-order valence-corrected chi connectivity index (χ3v) is 6.06. The van der Waals surface area contributed by atoms with Crippen LogP contribution in [0, 0.1) is 0 Å². The Kier molecular flexibility index (Phi) is 6.64. The summed E-state index contributed by atoms with van der Waals surface area (Å²) < 4.78 is 3.31. The second kappa shape index (κ2) is 8.97. The van der Waals surface area contributed by atoms with Crippen LogP contribution in [0.1, 0.15) is 20.8 Å². The largest absolute Gasteiger partial charge is 0.309 e. The molecule has 5 nitrogen and oxygen atoms in total. The summed E-state index contributed by atoms with van der Waals surface area (Å²) in [5.74, 6) is -0.350. The van der Waals surface area contributed by atoms with Gasteiger partial charge in [-0.3, -0.25) is 14.2 Å². The Bertz CT molecular complexity index is 1040. The van der Waals surface area contributed by atoms with Crippen LogP contribution in [0.4, 0.5) is 0 Å². The van der Waals surface area contributed by atoms with Crippen LogP contribution in [0.5, 0.6) is 0 Å². The smallest absolute Gasteiger partial charge is 0.284 e. The molecule has 27 heavy (non-hydrogen) atoms. The molecule has 0 saturated heterocycles. The summed E-state index contributed by atoms with van der Waals surface area (Å²) in [5, 5.41) is 4.19. The van der Waals surface area contributed by atoms with Crippen molar-refractivity contribution in [3.63, 3.8) is 0 Å². The maximum Gasteiger partial charge on any atom is 0.309 e. The number of hydrogen-bond acceptors (Lipinski definition) is 4. The Hall–Kier alpha value is -1.74. The Balaban J connectivity index is 1.71.